The molecule has 0 radical (unpaired) electrons. The summed E-state index contributed by atoms with van der Waals surface area (Å²) in [5.41, 5.74) is 1.60. The van der Waals surface area contributed by atoms with Gasteiger partial charge in [-0.05, 0) is 41.9 Å². The summed E-state index contributed by atoms with van der Waals surface area (Å²) < 4.78 is 0. The molecule has 1 aromatic carbocycles. The van der Waals surface area contributed by atoms with Crippen LogP contribution in [0.25, 0.3) is 0 Å². The lowest BCUT2D eigenvalue weighted by Gasteiger charge is -2.29. The second-order valence-electron chi connectivity index (χ2n) is 8.55. The van der Waals surface area contributed by atoms with E-state index in [2.05, 4.69) is 26.1 Å². The molecule has 2 rings (SSSR count). The molecule has 1 aliphatic rings. The molecule has 1 heterocycles. The Balaban J connectivity index is 2.14. The van der Waals surface area contributed by atoms with Crippen molar-refractivity contribution in [2.45, 2.75) is 65.0 Å². The predicted molar refractivity (Wildman–Crippen MR) is 104 cm³/mol. The average Bonchev–Trinajstić information content (AvgIpc) is 3.08. The van der Waals surface area contributed by atoms with Crippen LogP contribution in [0, 0.1) is 5.92 Å². The number of likely N-dealkylation sites (tertiary alicyclic amines) is 1. The molecule has 2 amide bonds. The molecule has 1 saturated heterocycles. The standard InChI is InChI=1S/C21H30N2O4/c1-13(2)17(19(25)23-12-6-7-16(23)20(26)27)22-18(24)14-8-10-15(11-9-14)21(3,4)5/h8-11,13,16-17H,6-7,12H2,1-5H3,(H,22,24)(H,26,27)/t16-,17?/m0/s1. The summed E-state index contributed by atoms with van der Waals surface area (Å²) in [6.45, 7) is 10.4. The molecule has 2 atom stereocenters. The average molecular weight is 374 g/mol. The van der Waals surface area contributed by atoms with E-state index in [1.807, 2.05) is 26.0 Å². The number of carbonyl (C=O) groups is 3. The Bertz CT molecular complexity index is 704. The van der Waals surface area contributed by atoms with Crippen molar-refractivity contribution in [3.05, 3.63) is 35.4 Å². The van der Waals surface area contributed by atoms with E-state index >= 15 is 0 Å². The van der Waals surface area contributed by atoms with E-state index in [1.54, 1.807) is 12.1 Å². The van der Waals surface area contributed by atoms with Crippen molar-refractivity contribution < 1.29 is 19.5 Å². The number of rotatable bonds is 5. The van der Waals surface area contributed by atoms with Crippen LogP contribution in [-0.4, -0.2) is 46.4 Å². The number of hydrogen-bond acceptors (Lipinski definition) is 3. The summed E-state index contributed by atoms with van der Waals surface area (Å²) in [5.74, 6) is -1.79. The van der Waals surface area contributed by atoms with Crippen molar-refractivity contribution in [3.8, 4) is 0 Å². The highest BCUT2D eigenvalue weighted by atomic mass is 16.4. The summed E-state index contributed by atoms with van der Waals surface area (Å²) in [6, 6.07) is 5.80. The van der Waals surface area contributed by atoms with Crippen molar-refractivity contribution in [2.75, 3.05) is 6.54 Å². The van der Waals surface area contributed by atoms with Gasteiger partial charge in [-0.15, -0.1) is 0 Å². The SMILES string of the molecule is CC(C)C(NC(=O)c1ccc(C(C)(C)C)cc1)C(=O)N1CCC[C@H]1C(=O)O. The molecule has 0 bridgehead atoms. The zero-order valence-electron chi connectivity index (χ0n) is 16.8. The topological polar surface area (TPSA) is 86.7 Å². The van der Waals surface area contributed by atoms with Gasteiger partial charge in [-0.2, -0.15) is 0 Å². The highest BCUT2D eigenvalue weighted by Gasteiger charge is 2.38. The number of benzene rings is 1. The van der Waals surface area contributed by atoms with E-state index in [-0.39, 0.29) is 23.1 Å². The molecular formula is C21H30N2O4. The lowest BCUT2D eigenvalue weighted by molar-refractivity contribution is -0.149. The Morgan fingerprint density at radius 1 is 1.15 bits per heavy atom. The first-order chi connectivity index (χ1) is 12.5. The molecule has 27 heavy (non-hydrogen) atoms. The summed E-state index contributed by atoms with van der Waals surface area (Å²) in [6.07, 6.45) is 1.11. The molecule has 6 heteroatoms. The molecule has 2 N–H and O–H groups in total. The van der Waals surface area contributed by atoms with E-state index in [0.29, 0.717) is 24.9 Å². The monoisotopic (exact) mass is 374 g/mol. The normalized spacial score (nSPS) is 18.4. The van der Waals surface area contributed by atoms with Crippen molar-refractivity contribution in [3.63, 3.8) is 0 Å². The lowest BCUT2D eigenvalue weighted by Crippen LogP contribution is -2.53. The summed E-state index contributed by atoms with van der Waals surface area (Å²) in [4.78, 5) is 38.3. The molecule has 1 aliphatic heterocycles. The minimum atomic E-state index is -0.993. The lowest BCUT2D eigenvalue weighted by atomic mass is 9.86. The fraction of sp³-hybridized carbons (Fsp3) is 0.571. The van der Waals surface area contributed by atoms with E-state index in [0.717, 1.165) is 5.56 Å². The highest BCUT2D eigenvalue weighted by molar-refractivity contribution is 5.98. The van der Waals surface area contributed by atoms with Crippen molar-refractivity contribution in [1.29, 1.82) is 0 Å². The number of carboxylic acid groups (broad SMARTS) is 1. The maximum atomic E-state index is 12.9. The molecule has 1 aromatic rings. The van der Waals surface area contributed by atoms with Gasteiger partial charge in [0.2, 0.25) is 5.91 Å². The van der Waals surface area contributed by atoms with E-state index in [1.165, 1.54) is 4.90 Å². The molecule has 148 valence electrons. The molecule has 0 spiro atoms. The number of hydrogen-bond donors (Lipinski definition) is 2. The number of carboxylic acids is 1. The largest absolute Gasteiger partial charge is 0.480 e. The first-order valence-electron chi connectivity index (χ1n) is 9.47. The van der Waals surface area contributed by atoms with Crippen LogP contribution in [0.1, 0.15) is 63.4 Å². The van der Waals surface area contributed by atoms with Crippen molar-refractivity contribution in [2.24, 2.45) is 5.92 Å². The van der Waals surface area contributed by atoms with Crippen molar-refractivity contribution in [1.82, 2.24) is 10.2 Å². The maximum Gasteiger partial charge on any atom is 0.326 e. The minimum Gasteiger partial charge on any atom is -0.480 e. The Morgan fingerprint density at radius 2 is 1.74 bits per heavy atom. The van der Waals surface area contributed by atoms with Crippen molar-refractivity contribution >= 4 is 17.8 Å². The molecule has 0 saturated carbocycles. The third-order valence-corrected chi connectivity index (χ3v) is 5.05. The van der Waals surface area contributed by atoms with Gasteiger partial charge in [-0.1, -0.05) is 46.8 Å². The van der Waals surface area contributed by atoms with Crippen LogP contribution in [-0.2, 0) is 15.0 Å². The molecule has 1 unspecified atom stereocenters. The van der Waals surface area contributed by atoms with Crippen LogP contribution in [0.3, 0.4) is 0 Å². The number of aliphatic carboxylic acids is 1. The van der Waals surface area contributed by atoms with Gasteiger partial charge >= 0.3 is 5.97 Å². The van der Waals surface area contributed by atoms with Gasteiger partial charge in [0.15, 0.2) is 0 Å². The van der Waals surface area contributed by atoms with Crippen LogP contribution in [0.5, 0.6) is 0 Å². The quantitative estimate of drug-likeness (QED) is 0.830. The third-order valence-electron chi connectivity index (χ3n) is 5.05. The van der Waals surface area contributed by atoms with Gasteiger partial charge in [0.05, 0.1) is 0 Å². The first-order valence-corrected chi connectivity index (χ1v) is 9.47. The zero-order chi connectivity index (χ0) is 20.4. The Kier molecular flexibility index (Phi) is 6.29. The van der Waals surface area contributed by atoms with Crippen LogP contribution in [0.15, 0.2) is 24.3 Å². The van der Waals surface area contributed by atoms with Gasteiger partial charge in [0.1, 0.15) is 12.1 Å². The van der Waals surface area contributed by atoms with Gasteiger partial charge in [0.25, 0.3) is 5.91 Å². The molecular weight excluding hydrogens is 344 g/mol. The van der Waals surface area contributed by atoms with E-state index < -0.39 is 18.1 Å². The number of amides is 2. The molecule has 0 aromatic heterocycles. The predicted octanol–water partition coefficient (Wildman–Crippen LogP) is 2.81. The van der Waals surface area contributed by atoms with Crippen LogP contribution >= 0.6 is 0 Å². The zero-order valence-corrected chi connectivity index (χ0v) is 16.8. The summed E-state index contributed by atoms with van der Waals surface area (Å²) in [7, 11) is 0. The smallest absolute Gasteiger partial charge is 0.326 e. The molecule has 0 aliphatic carbocycles. The minimum absolute atomic E-state index is 0.00691. The summed E-state index contributed by atoms with van der Waals surface area (Å²) >= 11 is 0. The fourth-order valence-electron chi connectivity index (χ4n) is 3.33. The van der Waals surface area contributed by atoms with Crippen LogP contribution in [0.4, 0.5) is 0 Å². The van der Waals surface area contributed by atoms with Crippen LogP contribution < -0.4 is 5.32 Å². The Hall–Kier alpha value is -2.37. The van der Waals surface area contributed by atoms with Gasteiger partial charge in [-0.3, -0.25) is 9.59 Å². The molecule has 1 fully saturated rings. The Labute approximate surface area is 160 Å². The fourth-order valence-corrected chi connectivity index (χ4v) is 3.33. The number of nitrogens with one attached hydrogen (secondary N) is 1. The highest BCUT2D eigenvalue weighted by Crippen LogP contribution is 2.23. The second kappa shape index (κ2) is 8.11. The maximum absolute atomic E-state index is 12.9. The Morgan fingerprint density at radius 3 is 2.22 bits per heavy atom. The van der Waals surface area contributed by atoms with E-state index in [9.17, 15) is 19.5 Å². The van der Waals surface area contributed by atoms with Gasteiger partial charge in [0, 0.05) is 12.1 Å². The molecule has 6 nitrogen and oxygen atoms in total. The summed E-state index contributed by atoms with van der Waals surface area (Å²) in [5, 5.41) is 12.1. The second-order valence-corrected chi connectivity index (χ2v) is 8.55. The number of nitrogens with zero attached hydrogens (tertiary/aromatic N) is 1. The van der Waals surface area contributed by atoms with Gasteiger partial charge in [-0.25, -0.2) is 4.79 Å². The first kappa shape index (κ1) is 20.9. The number of carbonyl (C=O) groups excluding carboxylic acids is 2. The third kappa shape index (κ3) is 4.87. The van der Waals surface area contributed by atoms with Crippen LogP contribution in [0.2, 0.25) is 0 Å². The van der Waals surface area contributed by atoms with E-state index in [4.69, 9.17) is 0 Å². The van der Waals surface area contributed by atoms with Gasteiger partial charge < -0.3 is 15.3 Å².